The highest BCUT2D eigenvalue weighted by Crippen LogP contribution is 2.23. The topological polar surface area (TPSA) is 35.6 Å². The fraction of sp³-hybridized carbons (Fsp3) is 0.938. The molecule has 0 spiro atoms. The molecule has 2 atom stereocenters. The number of rotatable bonds is 2. The van der Waals surface area contributed by atoms with Crippen molar-refractivity contribution in [2.45, 2.75) is 57.5 Å². The number of likely N-dealkylation sites (tertiary alicyclic amines) is 2. The molecule has 0 bridgehead atoms. The van der Waals surface area contributed by atoms with Crippen LogP contribution in [0.3, 0.4) is 0 Å². The predicted octanol–water partition coefficient (Wildman–Crippen LogP) is 1.46. The molecule has 3 aliphatic rings. The van der Waals surface area contributed by atoms with Crippen LogP contribution >= 0.6 is 0 Å². The summed E-state index contributed by atoms with van der Waals surface area (Å²) in [5.41, 5.74) is 0. The molecule has 3 heterocycles. The van der Waals surface area contributed by atoms with Crippen LogP contribution < -0.4 is 5.32 Å². The largest absolute Gasteiger partial charge is 0.341 e. The lowest BCUT2D eigenvalue weighted by molar-refractivity contribution is -0.136. The molecular formula is C16H29N3O. The molecule has 3 aliphatic heterocycles. The van der Waals surface area contributed by atoms with Crippen LogP contribution in [0.2, 0.25) is 0 Å². The number of piperidine rings is 2. The highest BCUT2D eigenvalue weighted by atomic mass is 16.2. The van der Waals surface area contributed by atoms with E-state index in [4.69, 9.17) is 0 Å². The SMILES string of the molecule is CC1CCNC(C(=O)N2CCC(N3CCCC3)CC2)C1. The molecule has 4 heteroatoms. The van der Waals surface area contributed by atoms with Gasteiger partial charge in [0, 0.05) is 19.1 Å². The summed E-state index contributed by atoms with van der Waals surface area (Å²) in [6.45, 7) is 7.75. The highest BCUT2D eigenvalue weighted by Gasteiger charge is 2.32. The minimum Gasteiger partial charge on any atom is -0.341 e. The van der Waals surface area contributed by atoms with Gasteiger partial charge in [0.05, 0.1) is 6.04 Å². The zero-order valence-electron chi connectivity index (χ0n) is 12.8. The van der Waals surface area contributed by atoms with E-state index in [-0.39, 0.29) is 6.04 Å². The lowest BCUT2D eigenvalue weighted by Gasteiger charge is -2.39. The number of amides is 1. The Kier molecular flexibility index (Phi) is 4.61. The van der Waals surface area contributed by atoms with Crippen molar-refractivity contribution in [2.75, 3.05) is 32.7 Å². The van der Waals surface area contributed by atoms with Crippen molar-refractivity contribution in [3.05, 3.63) is 0 Å². The maximum atomic E-state index is 12.6. The van der Waals surface area contributed by atoms with Crippen LogP contribution in [0.5, 0.6) is 0 Å². The molecule has 0 aromatic heterocycles. The second-order valence-corrected chi connectivity index (χ2v) is 6.94. The maximum absolute atomic E-state index is 12.6. The van der Waals surface area contributed by atoms with Gasteiger partial charge in [-0.2, -0.15) is 0 Å². The van der Waals surface area contributed by atoms with E-state index in [9.17, 15) is 4.79 Å². The molecule has 0 aromatic carbocycles. The van der Waals surface area contributed by atoms with E-state index in [1.165, 1.54) is 45.2 Å². The van der Waals surface area contributed by atoms with Gasteiger partial charge in [0.25, 0.3) is 0 Å². The summed E-state index contributed by atoms with van der Waals surface area (Å²) >= 11 is 0. The van der Waals surface area contributed by atoms with Gasteiger partial charge in [0.15, 0.2) is 0 Å². The van der Waals surface area contributed by atoms with Crippen molar-refractivity contribution in [1.29, 1.82) is 0 Å². The Morgan fingerprint density at radius 2 is 1.75 bits per heavy atom. The lowest BCUT2D eigenvalue weighted by atomic mass is 9.93. The van der Waals surface area contributed by atoms with Crippen molar-refractivity contribution >= 4 is 5.91 Å². The smallest absolute Gasteiger partial charge is 0.239 e. The van der Waals surface area contributed by atoms with E-state index in [0.717, 1.165) is 32.1 Å². The van der Waals surface area contributed by atoms with Crippen LogP contribution in [0, 0.1) is 5.92 Å². The second kappa shape index (κ2) is 6.44. The molecule has 0 radical (unpaired) electrons. The quantitative estimate of drug-likeness (QED) is 0.831. The number of hydrogen-bond donors (Lipinski definition) is 1. The standard InChI is InChI=1S/C16H29N3O/c1-13-4-7-17-15(12-13)16(20)19-10-5-14(6-11-19)18-8-2-3-9-18/h13-15,17H,2-12H2,1H3. The van der Waals surface area contributed by atoms with Gasteiger partial charge >= 0.3 is 0 Å². The Balaban J connectivity index is 1.48. The number of nitrogens with one attached hydrogen (secondary N) is 1. The molecule has 0 aromatic rings. The summed E-state index contributed by atoms with van der Waals surface area (Å²) in [7, 11) is 0. The Labute approximate surface area is 122 Å². The Hall–Kier alpha value is -0.610. The van der Waals surface area contributed by atoms with Crippen LogP contribution in [-0.2, 0) is 4.79 Å². The van der Waals surface area contributed by atoms with E-state index < -0.39 is 0 Å². The Morgan fingerprint density at radius 1 is 1.05 bits per heavy atom. The Morgan fingerprint density at radius 3 is 2.40 bits per heavy atom. The van der Waals surface area contributed by atoms with Crippen LogP contribution in [0.15, 0.2) is 0 Å². The van der Waals surface area contributed by atoms with Crippen molar-refractivity contribution in [3.63, 3.8) is 0 Å². The molecule has 3 fully saturated rings. The van der Waals surface area contributed by atoms with Gasteiger partial charge in [-0.05, 0) is 64.1 Å². The summed E-state index contributed by atoms with van der Waals surface area (Å²) < 4.78 is 0. The van der Waals surface area contributed by atoms with Crippen molar-refractivity contribution in [3.8, 4) is 0 Å². The summed E-state index contributed by atoms with van der Waals surface area (Å²) in [6, 6.07) is 0.821. The number of nitrogens with zero attached hydrogens (tertiary/aromatic N) is 2. The summed E-state index contributed by atoms with van der Waals surface area (Å²) in [5.74, 6) is 1.05. The number of carbonyl (C=O) groups excluding carboxylic acids is 1. The minimum atomic E-state index is 0.0853. The van der Waals surface area contributed by atoms with E-state index in [2.05, 4.69) is 22.0 Å². The fourth-order valence-electron chi connectivity index (χ4n) is 4.07. The molecule has 0 saturated carbocycles. The normalized spacial score (nSPS) is 33.5. The van der Waals surface area contributed by atoms with Crippen molar-refractivity contribution in [1.82, 2.24) is 15.1 Å². The highest BCUT2D eigenvalue weighted by molar-refractivity contribution is 5.82. The van der Waals surface area contributed by atoms with Gasteiger partial charge in [0.2, 0.25) is 5.91 Å². The summed E-state index contributed by atoms with van der Waals surface area (Å²) in [4.78, 5) is 17.3. The van der Waals surface area contributed by atoms with Gasteiger partial charge < -0.3 is 15.1 Å². The van der Waals surface area contributed by atoms with E-state index in [0.29, 0.717) is 11.8 Å². The zero-order chi connectivity index (χ0) is 13.9. The molecule has 3 rings (SSSR count). The van der Waals surface area contributed by atoms with Crippen LogP contribution in [0.1, 0.15) is 45.4 Å². The zero-order valence-corrected chi connectivity index (χ0v) is 12.8. The monoisotopic (exact) mass is 279 g/mol. The van der Waals surface area contributed by atoms with Crippen molar-refractivity contribution < 1.29 is 4.79 Å². The van der Waals surface area contributed by atoms with Gasteiger partial charge in [-0.25, -0.2) is 0 Å². The number of carbonyl (C=O) groups is 1. The summed E-state index contributed by atoms with van der Waals surface area (Å²) in [5, 5.41) is 3.41. The van der Waals surface area contributed by atoms with Gasteiger partial charge in [0.1, 0.15) is 0 Å². The predicted molar refractivity (Wildman–Crippen MR) is 80.6 cm³/mol. The average Bonchev–Trinajstić information content (AvgIpc) is 3.01. The molecule has 0 aliphatic carbocycles. The third-order valence-corrected chi connectivity index (χ3v) is 5.40. The van der Waals surface area contributed by atoms with Gasteiger partial charge in [-0.15, -0.1) is 0 Å². The fourth-order valence-corrected chi connectivity index (χ4v) is 4.07. The molecule has 20 heavy (non-hydrogen) atoms. The van der Waals surface area contributed by atoms with Crippen LogP contribution in [0.4, 0.5) is 0 Å². The average molecular weight is 279 g/mol. The number of hydrogen-bond acceptors (Lipinski definition) is 3. The molecule has 2 unspecified atom stereocenters. The third-order valence-electron chi connectivity index (χ3n) is 5.40. The van der Waals surface area contributed by atoms with E-state index in [1.54, 1.807) is 0 Å². The maximum Gasteiger partial charge on any atom is 0.239 e. The second-order valence-electron chi connectivity index (χ2n) is 6.94. The molecule has 3 saturated heterocycles. The first-order valence-electron chi connectivity index (χ1n) is 8.50. The van der Waals surface area contributed by atoms with E-state index >= 15 is 0 Å². The van der Waals surface area contributed by atoms with E-state index in [1.807, 2.05) is 0 Å². The molecule has 1 amide bonds. The summed E-state index contributed by atoms with van der Waals surface area (Å²) in [6.07, 6.45) is 7.31. The molecule has 4 nitrogen and oxygen atoms in total. The Bertz CT molecular complexity index is 333. The first-order valence-corrected chi connectivity index (χ1v) is 8.50. The first kappa shape index (κ1) is 14.3. The third kappa shape index (κ3) is 3.17. The van der Waals surface area contributed by atoms with Gasteiger partial charge in [-0.3, -0.25) is 4.79 Å². The van der Waals surface area contributed by atoms with Gasteiger partial charge in [-0.1, -0.05) is 6.92 Å². The molecule has 1 N–H and O–H groups in total. The lowest BCUT2D eigenvalue weighted by Crippen LogP contribution is -2.53. The van der Waals surface area contributed by atoms with Crippen LogP contribution in [-0.4, -0.2) is 60.5 Å². The van der Waals surface area contributed by atoms with Crippen molar-refractivity contribution in [2.24, 2.45) is 5.92 Å². The minimum absolute atomic E-state index is 0.0853. The first-order chi connectivity index (χ1) is 9.74. The molecule has 114 valence electrons. The van der Waals surface area contributed by atoms with Crippen LogP contribution in [0.25, 0.3) is 0 Å². The molecular weight excluding hydrogens is 250 g/mol.